The number of benzene rings is 1. The molecule has 1 aliphatic carbocycles. The standard InChI is InChI=1S/C23H25N5O4S/c1-15-13-19(15)22(29)26-17-6-4-16(5-7-17)23(30)27-9-11-28(12-10-27)33(31,32)20-14-25-21-18(20)3-2-8-24-21/h2-8,14-15,19H,9-13H2,1H3,(H,24,25)(H,26,29). The van der Waals surface area contributed by atoms with Gasteiger partial charge < -0.3 is 15.2 Å². The molecule has 3 aromatic rings. The van der Waals surface area contributed by atoms with E-state index in [2.05, 4.69) is 22.2 Å². The van der Waals surface area contributed by atoms with Crippen molar-refractivity contribution < 1.29 is 18.0 Å². The lowest BCUT2D eigenvalue weighted by Crippen LogP contribution is -2.50. The van der Waals surface area contributed by atoms with E-state index in [4.69, 9.17) is 0 Å². The van der Waals surface area contributed by atoms with Crippen LogP contribution in [0.4, 0.5) is 5.69 Å². The number of nitrogens with zero attached hydrogens (tertiary/aromatic N) is 3. The molecule has 1 saturated heterocycles. The van der Waals surface area contributed by atoms with Crippen LogP contribution in [0.2, 0.25) is 0 Å². The van der Waals surface area contributed by atoms with Gasteiger partial charge in [-0.05, 0) is 48.7 Å². The number of nitrogens with one attached hydrogen (secondary N) is 2. The fourth-order valence-corrected chi connectivity index (χ4v) is 5.79. The molecule has 5 rings (SSSR count). The second-order valence-corrected chi connectivity index (χ2v) is 10.5. The normalized spacial score (nSPS) is 21.2. The van der Waals surface area contributed by atoms with Crippen molar-refractivity contribution in [3.05, 3.63) is 54.4 Å². The number of anilines is 1. The van der Waals surface area contributed by atoms with Crippen LogP contribution in [-0.2, 0) is 14.8 Å². The van der Waals surface area contributed by atoms with E-state index >= 15 is 0 Å². The molecule has 2 amide bonds. The highest BCUT2D eigenvalue weighted by Gasteiger charge is 2.39. The van der Waals surface area contributed by atoms with E-state index in [1.54, 1.807) is 47.5 Å². The summed E-state index contributed by atoms with van der Waals surface area (Å²) < 4.78 is 27.7. The van der Waals surface area contributed by atoms with Gasteiger partial charge in [0.25, 0.3) is 5.91 Å². The summed E-state index contributed by atoms with van der Waals surface area (Å²) in [6, 6.07) is 10.3. The van der Waals surface area contributed by atoms with E-state index in [0.717, 1.165) is 6.42 Å². The number of piperazine rings is 1. The topological polar surface area (TPSA) is 115 Å². The fraction of sp³-hybridized carbons (Fsp3) is 0.348. The second kappa shape index (κ2) is 8.27. The second-order valence-electron chi connectivity index (χ2n) is 8.63. The van der Waals surface area contributed by atoms with Gasteiger partial charge in [-0.15, -0.1) is 0 Å². The van der Waals surface area contributed by atoms with Gasteiger partial charge in [-0.3, -0.25) is 9.59 Å². The maximum absolute atomic E-state index is 13.1. The van der Waals surface area contributed by atoms with Gasteiger partial charge in [0, 0.05) is 61.1 Å². The summed E-state index contributed by atoms with van der Waals surface area (Å²) >= 11 is 0. The van der Waals surface area contributed by atoms with Crippen molar-refractivity contribution in [3.63, 3.8) is 0 Å². The number of pyridine rings is 1. The predicted octanol–water partition coefficient (Wildman–Crippen LogP) is 2.30. The van der Waals surface area contributed by atoms with E-state index in [-0.39, 0.29) is 35.7 Å². The van der Waals surface area contributed by atoms with Crippen LogP contribution in [0.25, 0.3) is 11.0 Å². The molecule has 2 aliphatic rings. The minimum absolute atomic E-state index is 0.0184. The Balaban J connectivity index is 1.21. The summed E-state index contributed by atoms with van der Waals surface area (Å²) in [7, 11) is -3.70. The zero-order valence-electron chi connectivity index (χ0n) is 18.2. The Labute approximate surface area is 191 Å². The first kappa shape index (κ1) is 21.6. The lowest BCUT2D eigenvalue weighted by Gasteiger charge is -2.34. The van der Waals surface area contributed by atoms with E-state index in [1.165, 1.54) is 10.5 Å². The number of fused-ring (bicyclic) bond motifs is 1. The number of sulfonamides is 1. The molecule has 1 saturated carbocycles. The first-order chi connectivity index (χ1) is 15.8. The quantitative estimate of drug-likeness (QED) is 0.597. The van der Waals surface area contributed by atoms with Crippen LogP contribution in [-0.4, -0.2) is 65.6 Å². The summed E-state index contributed by atoms with van der Waals surface area (Å²) in [5, 5.41) is 3.44. The van der Waals surface area contributed by atoms with Gasteiger partial charge in [0.15, 0.2) is 0 Å². The maximum atomic E-state index is 13.1. The van der Waals surface area contributed by atoms with E-state index < -0.39 is 10.0 Å². The molecule has 33 heavy (non-hydrogen) atoms. The van der Waals surface area contributed by atoms with Crippen molar-refractivity contribution in [3.8, 4) is 0 Å². The SMILES string of the molecule is CC1CC1C(=O)Nc1ccc(C(=O)N2CCN(S(=O)(=O)c3c[nH]c4ncccc34)CC2)cc1. The Morgan fingerprint density at radius 3 is 2.45 bits per heavy atom. The maximum Gasteiger partial charge on any atom is 0.253 e. The average Bonchev–Trinajstić information content (AvgIpc) is 3.40. The highest BCUT2D eigenvalue weighted by Crippen LogP contribution is 2.38. The number of H-pyrrole nitrogens is 1. The molecule has 2 unspecified atom stereocenters. The number of amides is 2. The molecule has 2 aromatic heterocycles. The van der Waals surface area contributed by atoms with Gasteiger partial charge in [-0.2, -0.15) is 4.31 Å². The molecule has 0 spiro atoms. The Hall–Kier alpha value is -3.24. The molecule has 9 nitrogen and oxygen atoms in total. The molecule has 2 N–H and O–H groups in total. The van der Waals surface area contributed by atoms with Gasteiger partial charge in [0.2, 0.25) is 15.9 Å². The number of carbonyl (C=O) groups excluding carboxylic acids is 2. The van der Waals surface area contributed by atoms with Gasteiger partial charge in [0.1, 0.15) is 10.5 Å². The largest absolute Gasteiger partial charge is 0.345 e. The third-order valence-corrected chi connectivity index (χ3v) is 8.34. The molecule has 172 valence electrons. The molecular formula is C23H25N5O4S. The van der Waals surface area contributed by atoms with Crippen LogP contribution in [0, 0.1) is 11.8 Å². The number of rotatable bonds is 5. The minimum atomic E-state index is -3.70. The summed E-state index contributed by atoms with van der Waals surface area (Å²) in [5.41, 5.74) is 1.70. The lowest BCUT2D eigenvalue weighted by atomic mass is 10.1. The highest BCUT2D eigenvalue weighted by atomic mass is 32.2. The number of aromatic nitrogens is 2. The van der Waals surface area contributed by atoms with Gasteiger partial charge >= 0.3 is 0 Å². The van der Waals surface area contributed by atoms with Gasteiger partial charge in [-0.25, -0.2) is 13.4 Å². The van der Waals surface area contributed by atoms with Gasteiger partial charge in [-0.1, -0.05) is 6.92 Å². The first-order valence-corrected chi connectivity index (χ1v) is 12.4. The summed E-state index contributed by atoms with van der Waals surface area (Å²) in [6.07, 6.45) is 3.99. The average molecular weight is 468 g/mol. The lowest BCUT2D eigenvalue weighted by molar-refractivity contribution is -0.117. The Morgan fingerprint density at radius 2 is 1.79 bits per heavy atom. The van der Waals surface area contributed by atoms with Crippen molar-refractivity contribution in [2.75, 3.05) is 31.5 Å². The smallest absolute Gasteiger partial charge is 0.253 e. The van der Waals surface area contributed by atoms with Crippen LogP contribution in [0.15, 0.2) is 53.7 Å². The summed E-state index contributed by atoms with van der Waals surface area (Å²) in [6.45, 7) is 3.09. The monoisotopic (exact) mass is 467 g/mol. The molecular weight excluding hydrogens is 442 g/mol. The molecule has 3 heterocycles. The summed E-state index contributed by atoms with van der Waals surface area (Å²) in [5.74, 6) is 0.377. The summed E-state index contributed by atoms with van der Waals surface area (Å²) in [4.78, 5) is 33.9. The molecule has 10 heteroatoms. The van der Waals surface area contributed by atoms with Crippen LogP contribution in [0.5, 0.6) is 0 Å². The third kappa shape index (κ3) is 4.11. The Morgan fingerprint density at radius 1 is 1.09 bits per heavy atom. The molecule has 1 aromatic carbocycles. The molecule has 2 atom stereocenters. The van der Waals surface area contributed by atoms with Crippen molar-refractivity contribution in [1.82, 2.24) is 19.2 Å². The molecule has 2 fully saturated rings. The first-order valence-electron chi connectivity index (χ1n) is 11.0. The van der Waals surface area contributed by atoms with E-state index in [1.807, 2.05) is 0 Å². The minimum Gasteiger partial charge on any atom is -0.345 e. The van der Waals surface area contributed by atoms with E-state index in [0.29, 0.717) is 41.3 Å². The Kier molecular flexibility index (Phi) is 5.41. The van der Waals surface area contributed by atoms with Crippen molar-refractivity contribution in [2.45, 2.75) is 18.2 Å². The van der Waals surface area contributed by atoms with Crippen LogP contribution in [0.3, 0.4) is 0 Å². The van der Waals surface area contributed by atoms with Crippen molar-refractivity contribution in [1.29, 1.82) is 0 Å². The zero-order valence-corrected chi connectivity index (χ0v) is 19.0. The number of carbonyl (C=O) groups is 2. The highest BCUT2D eigenvalue weighted by molar-refractivity contribution is 7.89. The van der Waals surface area contributed by atoms with Gasteiger partial charge in [0.05, 0.1) is 0 Å². The fourth-order valence-electron chi connectivity index (χ4n) is 4.22. The zero-order chi connectivity index (χ0) is 23.2. The van der Waals surface area contributed by atoms with Crippen molar-refractivity contribution >= 4 is 38.6 Å². The molecule has 0 bridgehead atoms. The van der Waals surface area contributed by atoms with Crippen molar-refractivity contribution in [2.24, 2.45) is 11.8 Å². The van der Waals surface area contributed by atoms with Crippen LogP contribution < -0.4 is 5.32 Å². The van der Waals surface area contributed by atoms with E-state index in [9.17, 15) is 18.0 Å². The van der Waals surface area contributed by atoms with Crippen LogP contribution >= 0.6 is 0 Å². The molecule has 0 radical (unpaired) electrons. The predicted molar refractivity (Wildman–Crippen MR) is 123 cm³/mol. The number of hydrogen-bond donors (Lipinski definition) is 2. The van der Waals surface area contributed by atoms with Crippen LogP contribution in [0.1, 0.15) is 23.7 Å². The molecule has 1 aliphatic heterocycles. The Bertz CT molecular complexity index is 1310. The number of aromatic amines is 1. The third-order valence-electron chi connectivity index (χ3n) is 6.40. The number of hydrogen-bond acceptors (Lipinski definition) is 5.